The molecule has 0 spiro atoms. The number of ether oxygens (including phenoxy) is 2. The number of methoxy groups -OCH3 is 1. The minimum atomic E-state index is -0.530. The third-order valence-electron chi connectivity index (χ3n) is 3.28. The molecule has 0 radical (unpaired) electrons. The van der Waals surface area contributed by atoms with Crippen molar-refractivity contribution in [2.45, 2.75) is 6.92 Å². The molecule has 0 heterocycles. The highest BCUT2D eigenvalue weighted by atomic mass is 32.1. The van der Waals surface area contributed by atoms with Gasteiger partial charge in [-0.15, -0.1) is 0 Å². The van der Waals surface area contributed by atoms with Gasteiger partial charge in [0.1, 0.15) is 11.5 Å². The normalized spacial score (nSPS) is 9.92. The molecule has 0 fully saturated rings. The number of amides is 1. The van der Waals surface area contributed by atoms with E-state index >= 15 is 0 Å². The summed E-state index contributed by atoms with van der Waals surface area (Å²) < 4.78 is 10.5. The number of thiocarbonyl (C=S) groups is 1. The van der Waals surface area contributed by atoms with E-state index in [-0.39, 0.29) is 16.5 Å². The molecular formula is C17H17N3O5S. The number of carbonyl (C=O) groups excluding carboxylic acids is 1. The van der Waals surface area contributed by atoms with Crippen LogP contribution in [-0.2, 0) is 0 Å². The second-order valence-electron chi connectivity index (χ2n) is 5.01. The molecule has 136 valence electrons. The average molecular weight is 375 g/mol. The lowest BCUT2D eigenvalue weighted by molar-refractivity contribution is -0.384. The SMILES string of the molecule is CCOc1cccc(C(=O)NC(=S)Nc2ccc([N+](=O)[O-])cc2OC)c1. The third-order valence-corrected chi connectivity index (χ3v) is 3.48. The molecule has 2 aromatic carbocycles. The molecule has 0 atom stereocenters. The van der Waals surface area contributed by atoms with Gasteiger partial charge in [-0.1, -0.05) is 6.07 Å². The van der Waals surface area contributed by atoms with Gasteiger partial charge >= 0.3 is 0 Å². The second kappa shape index (κ2) is 8.77. The summed E-state index contributed by atoms with van der Waals surface area (Å²) in [7, 11) is 1.38. The van der Waals surface area contributed by atoms with Crippen LogP contribution in [0.25, 0.3) is 0 Å². The van der Waals surface area contributed by atoms with Gasteiger partial charge in [0.2, 0.25) is 0 Å². The highest BCUT2D eigenvalue weighted by Crippen LogP contribution is 2.28. The van der Waals surface area contributed by atoms with Crippen LogP contribution in [-0.4, -0.2) is 29.7 Å². The molecule has 2 rings (SSSR count). The van der Waals surface area contributed by atoms with Crippen LogP contribution in [0.15, 0.2) is 42.5 Å². The summed E-state index contributed by atoms with van der Waals surface area (Å²) in [4.78, 5) is 22.6. The van der Waals surface area contributed by atoms with Gasteiger partial charge in [-0.2, -0.15) is 0 Å². The van der Waals surface area contributed by atoms with E-state index in [2.05, 4.69) is 10.6 Å². The van der Waals surface area contributed by atoms with Crippen LogP contribution in [0.1, 0.15) is 17.3 Å². The quantitative estimate of drug-likeness (QED) is 0.454. The summed E-state index contributed by atoms with van der Waals surface area (Å²) in [5.41, 5.74) is 0.664. The number of non-ortho nitro benzene ring substituents is 1. The van der Waals surface area contributed by atoms with Crippen LogP contribution in [0.2, 0.25) is 0 Å². The van der Waals surface area contributed by atoms with Gasteiger partial charge < -0.3 is 14.8 Å². The predicted octanol–water partition coefficient (Wildman–Crippen LogP) is 3.13. The van der Waals surface area contributed by atoms with Gasteiger partial charge in [0.05, 0.1) is 30.4 Å². The second-order valence-corrected chi connectivity index (χ2v) is 5.42. The first kappa shape index (κ1) is 19.1. The molecule has 0 saturated carbocycles. The summed E-state index contributed by atoms with van der Waals surface area (Å²) in [5.74, 6) is 0.398. The van der Waals surface area contributed by atoms with Gasteiger partial charge in [-0.3, -0.25) is 20.2 Å². The zero-order valence-corrected chi connectivity index (χ0v) is 15.0. The lowest BCUT2D eigenvalue weighted by Crippen LogP contribution is -2.34. The van der Waals surface area contributed by atoms with E-state index in [4.69, 9.17) is 21.7 Å². The number of nitrogens with one attached hydrogen (secondary N) is 2. The van der Waals surface area contributed by atoms with Crippen molar-refractivity contribution in [3.8, 4) is 11.5 Å². The van der Waals surface area contributed by atoms with E-state index in [1.165, 1.54) is 25.3 Å². The number of rotatable bonds is 6. The lowest BCUT2D eigenvalue weighted by Gasteiger charge is -2.13. The van der Waals surface area contributed by atoms with Crippen LogP contribution >= 0.6 is 12.2 Å². The Morgan fingerprint density at radius 3 is 2.69 bits per heavy atom. The first-order valence-corrected chi connectivity index (χ1v) is 8.03. The van der Waals surface area contributed by atoms with Crippen molar-refractivity contribution >= 4 is 34.6 Å². The zero-order chi connectivity index (χ0) is 19.1. The van der Waals surface area contributed by atoms with Crippen molar-refractivity contribution < 1.29 is 19.2 Å². The molecule has 9 heteroatoms. The van der Waals surface area contributed by atoms with Crippen LogP contribution in [0.5, 0.6) is 11.5 Å². The first-order chi connectivity index (χ1) is 12.4. The Morgan fingerprint density at radius 2 is 2.04 bits per heavy atom. The fraction of sp³-hybridized carbons (Fsp3) is 0.176. The smallest absolute Gasteiger partial charge is 0.273 e. The van der Waals surface area contributed by atoms with Crippen LogP contribution < -0.4 is 20.1 Å². The summed E-state index contributed by atoms with van der Waals surface area (Å²) in [6, 6.07) is 10.7. The van der Waals surface area contributed by atoms with Crippen LogP contribution in [0.4, 0.5) is 11.4 Å². The fourth-order valence-electron chi connectivity index (χ4n) is 2.12. The minimum absolute atomic E-state index is 0.0315. The molecule has 0 saturated heterocycles. The summed E-state index contributed by atoms with van der Waals surface area (Å²) in [6.45, 7) is 2.34. The van der Waals surface area contributed by atoms with Crippen molar-refractivity contribution in [2.75, 3.05) is 19.0 Å². The highest BCUT2D eigenvalue weighted by molar-refractivity contribution is 7.80. The zero-order valence-electron chi connectivity index (χ0n) is 14.1. The van der Waals surface area contributed by atoms with E-state index in [1.54, 1.807) is 24.3 Å². The van der Waals surface area contributed by atoms with Gasteiger partial charge in [0.15, 0.2) is 5.11 Å². The Balaban J connectivity index is 2.07. The van der Waals surface area contributed by atoms with Crippen molar-refractivity contribution in [3.63, 3.8) is 0 Å². The maximum atomic E-state index is 12.3. The van der Waals surface area contributed by atoms with Gasteiger partial charge in [-0.05, 0) is 43.4 Å². The molecule has 0 unspecified atom stereocenters. The molecule has 2 N–H and O–H groups in total. The Hall–Kier alpha value is -3.20. The molecule has 0 aromatic heterocycles. The van der Waals surface area contributed by atoms with Crippen molar-refractivity contribution in [1.29, 1.82) is 0 Å². The number of nitro groups is 1. The van der Waals surface area contributed by atoms with Gasteiger partial charge in [-0.25, -0.2) is 0 Å². The van der Waals surface area contributed by atoms with Gasteiger partial charge in [0, 0.05) is 11.6 Å². The molecule has 0 aliphatic heterocycles. The maximum Gasteiger partial charge on any atom is 0.273 e. The maximum absolute atomic E-state index is 12.3. The Labute approximate surface area is 155 Å². The van der Waals surface area contributed by atoms with E-state index in [9.17, 15) is 14.9 Å². The minimum Gasteiger partial charge on any atom is -0.494 e. The topological polar surface area (TPSA) is 103 Å². The largest absolute Gasteiger partial charge is 0.494 e. The molecule has 8 nitrogen and oxygen atoms in total. The highest BCUT2D eigenvalue weighted by Gasteiger charge is 2.14. The summed E-state index contributed by atoms with van der Waals surface area (Å²) in [5, 5.41) is 16.2. The molecule has 26 heavy (non-hydrogen) atoms. The average Bonchev–Trinajstić information content (AvgIpc) is 2.62. The molecule has 0 aliphatic rings. The van der Waals surface area contributed by atoms with E-state index in [1.807, 2.05) is 6.92 Å². The Kier molecular flexibility index (Phi) is 6.45. The Bertz CT molecular complexity index is 841. The number of anilines is 1. The number of carbonyl (C=O) groups is 1. The Morgan fingerprint density at radius 1 is 1.27 bits per heavy atom. The summed E-state index contributed by atoms with van der Waals surface area (Å²) in [6.07, 6.45) is 0. The number of hydrogen-bond donors (Lipinski definition) is 2. The molecule has 0 aliphatic carbocycles. The predicted molar refractivity (Wildman–Crippen MR) is 101 cm³/mol. The van der Waals surface area contributed by atoms with Crippen LogP contribution in [0.3, 0.4) is 0 Å². The number of nitrogens with zero attached hydrogens (tertiary/aromatic N) is 1. The third kappa shape index (κ3) is 4.90. The lowest BCUT2D eigenvalue weighted by atomic mass is 10.2. The van der Waals surface area contributed by atoms with Gasteiger partial charge in [0.25, 0.3) is 11.6 Å². The molecule has 0 bridgehead atoms. The molecule has 1 amide bonds. The molecular weight excluding hydrogens is 358 g/mol. The first-order valence-electron chi connectivity index (χ1n) is 7.62. The standard InChI is InChI=1S/C17H17N3O5S/c1-3-25-13-6-4-5-11(9-13)16(21)19-17(26)18-14-8-7-12(20(22)23)10-15(14)24-2/h4-10H,3H2,1-2H3,(H2,18,19,21,26). The number of nitro benzene ring substituents is 1. The van der Waals surface area contributed by atoms with E-state index in [0.29, 0.717) is 23.6 Å². The number of hydrogen-bond acceptors (Lipinski definition) is 6. The fourth-order valence-corrected chi connectivity index (χ4v) is 2.32. The summed E-state index contributed by atoms with van der Waals surface area (Å²) >= 11 is 5.12. The number of benzene rings is 2. The van der Waals surface area contributed by atoms with Crippen LogP contribution in [0, 0.1) is 10.1 Å². The van der Waals surface area contributed by atoms with E-state index < -0.39 is 10.8 Å². The van der Waals surface area contributed by atoms with Crippen molar-refractivity contribution in [1.82, 2.24) is 5.32 Å². The van der Waals surface area contributed by atoms with E-state index in [0.717, 1.165) is 0 Å². The monoisotopic (exact) mass is 375 g/mol. The molecule has 2 aromatic rings. The van der Waals surface area contributed by atoms with Crippen molar-refractivity contribution in [2.24, 2.45) is 0 Å². The van der Waals surface area contributed by atoms with Crippen molar-refractivity contribution in [3.05, 3.63) is 58.1 Å².